The summed E-state index contributed by atoms with van der Waals surface area (Å²) in [4.78, 5) is 21.4. The lowest BCUT2D eigenvalue weighted by molar-refractivity contribution is 0.0641. The summed E-state index contributed by atoms with van der Waals surface area (Å²) in [5.41, 5.74) is 2.71. The van der Waals surface area contributed by atoms with Crippen molar-refractivity contribution in [2.75, 3.05) is 6.54 Å². The van der Waals surface area contributed by atoms with E-state index in [9.17, 15) is 10.1 Å². The molecule has 2 atom stereocenters. The smallest absolute Gasteiger partial charge is 0.256 e. The molecule has 7 nitrogen and oxygen atoms in total. The molecule has 0 saturated carbocycles. The molecule has 152 valence electrons. The number of hydrogen-bond acceptors (Lipinski definition) is 6. The second-order valence-electron chi connectivity index (χ2n) is 7.41. The van der Waals surface area contributed by atoms with Crippen LogP contribution in [0.25, 0.3) is 5.69 Å². The van der Waals surface area contributed by atoms with Gasteiger partial charge in [0.1, 0.15) is 0 Å². The van der Waals surface area contributed by atoms with Gasteiger partial charge in [-0.1, -0.05) is 12.1 Å². The number of benzene rings is 1. The van der Waals surface area contributed by atoms with Gasteiger partial charge < -0.3 is 4.90 Å². The van der Waals surface area contributed by atoms with E-state index < -0.39 is 0 Å². The third-order valence-corrected chi connectivity index (χ3v) is 6.38. The first kappa shape index (κ1) is 20.1. The molecule has 3 heterocycles. The summed E-state index contributed by atoms with van der Waals surface area (Å²) in [5.74, 6) is -0.0179. The minimum Gasteiger partial charge on any atom is -0.335 e. The first-order valence-electron chi connectivity index (χ1n) is 9.87. The Bertz CT molecular complexity index is 1090. The van der Waals surface area contributed by atoms with Crippen LogP contribution in [0.1, 0.15) is 41.4 Å². The van der Waals surface area contributed by atoms with Gasteiger partial charge in [0, 0.05) is 23.5 Å². The third-order valence-electron chi connectivity index (χ3n) is 5.21. The number of amides is 1. The minimum absolute atomic E-state index is 0.0179. The third kappa shape index (κ3) is 4.21. The largest absolute Gasteiger partial charge is 0.335 e. The Balaban J connectivity index is 1.56. The zero-order chi connectivity index (χ0) is 21.1. The predicted octanol–water partition coefficient (Wildman–Crippen LogP) is 3.63. The van der Waals surface area contributed by atoms with Gasteiger partial charge >= 0.3 is 0 Å². The summed E-state index contributed by atoms with van der Waals surface area (Å²) < 4.78 is 0. The van der Waals surface area contributed by atoms with Crippen LogP contribution in [0.3, 0.4) is 0 Å². The molecule has 0 bridgehead atoms. The average molecular weight is 419 g/mol. The molecule has 4 rings (SSSR count). The summed E-state index contributed by atoms with van der Waals surface area (Å²) in [6.45, 7) is 4.61. The first-order valence-corrected chi connectivity index (χ1v) is 10.7. The average Bonchev–Trinajstić information content (AvgIpc) is 3.29. The molecule has 30 heavy (non-hydrogen) atoms. The van der Waals surface area contributed by atoms with Crippen molar-refractivity contribution in [2.24, 2.45) is 0 Å². The van der Waals surface area contributed by atoms with Crippen LogP contribution in [-0.4, -0.2) is 48.6 Å². The van der Waals surface area contributed by atoms with E-state index in [0.717, 1.165) is 23.6 Å². The monoisotopic (exact) mass is 418 g/mol. The van der Waals surface area contributed by atoms with E-state index in [2.05, 4.69) is 28.2 Å². The quantitative estimate of drug-likeness (QED) is 0.643. The molecule has 1 aliphatic rings. The number of nitrogens with zero attached hydrogens (tertiary/aromatic N) is 6. The van der Waals surface area contributed by atoms with Gasteiger partial charge in [0.15, 0.2) is 0 Å². The Labute approximate surface area is 179 Å². The van der Waals surface area contributed by atoms with Crippen LogP contribution in [-0.2, 0) is 0 Å². The molecule has 2 aromatic heterocycles. The van der Waals surface area contributed by atoms with Crippen LogP contribution >= 0.6 is 11.8 Å². The highest BCUT2D eigenvalue weighted by Gasteiger charge is 2.31. The summed E-state index contributed by atoms with van der Waals surface area (Å²) in [6.07, 6.45) is 5.11. The zero-order valence-electron chi connectivity index (χ0n) is 16.9. The number of aromatic nitrogens is 4. The highest BCUT2D eigenvalue weighted by Crippen LogP contribution is 2.32. The maximum absolute atomic E-state index is 13.5. The number of nitriles is 1. The van der Waals surface area contributed by atoms with Crippen LogP contribution in [0.2, 0.25) is 0 Å². The van der Waals surface area contributed by atoms with Crippen LogP contribution < -0.4 is 0 Å². The van der Waals surface area contributed by atoms with Crippen molar-refractivity contribution in [2.45, 2.75) is 43.0 Å². The van der Waals surface area contributed by atoms with Gasteiger partial charge in [-0.2, -0.15) is 20.3 Å². The fourth-order valence-electron chi connectivity index (χ4n) is 3.71. The Hall–Kier alpha value is -3.18. The van der Waals surface area contributed by atoms with Crippen molar-refractivity contribution in [1.29, 1.82) is 5.26 Å². The van der Waals surface area contributed by atoms with E-state index >= 15 is 0 Å². The number of piperidine rings is 1. The Morgan fingerprint density at radius 1 is 1.20 bits per heavy atom. The highest BCUT2D eigenvalue weighted by atomic mass is 32.2. The molecule has 0 radical (unpaired) electrons. The normalized spacial score (nSPS) is 18.8. The van der Waals surface area contributed by atoms with E-state index in [1.165, 1.54) is 4.80 Å². The first-order chi connectivity index (χ1) is 14.5. The highest BCUT2D eigenvalue weighted by molar-refractivity contribution is 7.99. The molecule has 1 fully saturated rings. The van der Waals surface area contributed by atoms with Crippen molar-refractivity contribution in [3.63, 3.8) is 0 Å². The van der Waals surface area contributed by atoms with Crippen molar-refractivity contribution in [1.82, 2.24) is 24.9 Å². The molecule has 0 spiro atoms. The number of thioether (sulfide) groups is 1. The number of hydrogen-bond donors (Lipinski definition) is 0. The second kappa shape index (κ2) is 8.67. The number of carbonyl (C=O) groups is 1. The van der Waals surface area contributed by atoms with Crippen molar-refractivity contribution in [3.05, 3.63) is 65.6 Å². The number of aryl methyl sites for hydroxylation is 1. The van der Waals surface area contributed by atoms with E-state index in [1.54, 1.807) is 30.2 Å². The van der Waals surface area contributed by atoms with Crippen molar-refractivity contribution in [3.8, 4) is 11.8 Å². The summed E-state index contributed by atoms with van der Waals surface area (Å²) in [6, 6.07) is 13.4. The van der Waals surface area contributed by atoms with E-state index in [1.807, 2.05) is 42.2 Å². The number of likely N-dealkylation sites (tertiary alicyclic amines) is 1. The molecule has 3 aromatic rings. The van der Waals surface area contributed by atoms with Crippen molar-refractivity contribution < 1.29 is 4.79 Å². The van der Waals surface area contributed by atoms with Gasteiger partial charge in [-0.25, -0.2) is 4.98 Å². The summed E-state index contributed by atoms with van der Waals surface area (Å²) in [5, 5.41) is 18.6. The number of rotatable bonds is 4. The van der Waals surface area contributed by atoms with Crippen LogP contribution in [0.15, 0.2) is 53.8 Å². The predicted molar refractivity (Wildman–Crippen MR) is 114 cm³/mol. The van der Waals surface area contributed by atoms with Gasteiger partial charge in [0.2, 0.25) is 0 Å². The van der Waals surface area contributed by atoms with Gasteiger partial charge in [-0.3, -0.25) is 4.79 Å². The van der Waals surface area contributed by atoms with E-state index in [-0.39, 0.29) is 17.2 Å². The lowest BCUT2D eigenvalue weighted by Crippen LogP contribution is -2.46. The lowest BCUT2D eigenvalue weighted by Gasteiger charge is -2.38. The van der Waals surface area contributed by atoms with Gasteiger partial charge in [-0.05, 0) is 51.0 Å². The fraction of sp³-hybridized carbons (Fsp3) is 0.318. The summed E-state index contributed by atoms with van der Waals surface area (Å²) in [7, 11) is 0. The number of para-hydroxylation sites is 1. The van der Waals surface area contributed by atoms with Gasteiger partial charge in [0.05, 0.1) is 40.3 Å². The van der Waals surface area contributed by atoms with E-state index in [4.69, 9.17) is 0 Å². The van der Waals surface area contributed by atoms with Crippen LogP contribution in [0, 0.1) is 18.3 Å². The van der Waals surface area contributed by atoms with Gasteiger partial charge in [0.25, 0.3) is 5.91 Å². The molecule has 0 unspecified atom stereocenters. The molecular weight excluding hydrogens is 396 g/mol. The van der Waals surface area contributed by atoms with Crippen LogP contribution in [0.5, 0.6) is 0 Å². The second-order valence-corrected chi connectivity index (χ2v) is 8.73. The standard InChI is InChI=1S/C22H22N6OS/c1-15-11-17(13-23)12-21(26-15)30-18-8-7-16(2)27(14-18)22(29)19-5-3-4-6-20(19)28-24-9-10-25-28/h3-6,9-12,16,18H,7-8,14H2,1-2H3/t16-,18-/m1/s1. The number of pyridine rings is 1. The van der Waals surface area contributed by atoms with Gasteiger partial charge in [-0.15, -0.1) is 11.8 Å². The zero-order valence-corrected chi connectivity index (χ0v) is 17.7. The maximum atomic E-state index is 13.5. The molecule has 1 aliphatic heterocycles. The lowest BCUT2D eigenvalue weighted by atomic mass is 10.0. The molecular formula is C22H22N6OS. The Morgan fingerprint density at radius 3 is 2.73 bits per heavy atom. The molecule has 1 amide bonds. The molecule has 8 heteroatoms. The molecule has 1 aromatic carbocycles. The topological polar surface area (TPSA) is 87.7 Å². The molecule has 0 N–H and O–H groups in total. The Morgan fingerprint density at radius 2 is 1.97 bits per heavy atom. The SMILES string of the molecule is Cc1cc(C#N)cc(S[C@@H]2CC[C@@H](C)N(C(=O)c3ccccc3-n3nccn3)C2)n1. The fourth-order valence-corrected chi connectivity index (χ4v) is 4.93. The van der Waals surface area contributed by atoms with Crippen LogP contribution in [0.4, 0.5) is 0 Å². The molecule has 1 saturated heterocycles. The minimum atomic E-state index is -0.0179. The number of carbonyl (C=O) groups excluding carboxylic acids is 1. The summed E-state index contributed by atoms with van der Waals surface area (Å²) >= 11 is 1.64. The van der Waals surface area contributed by atoms with Crippen molar-refractivity contribution >= 4 is 17.7 Å². The Kier molecular flexibility index (Phi) is 5.81. The molecule has 0 aliphatic carbocycles. The van der Waals surface area contributed by atoms with E-state index in [0.29, 0.717) is 23.4 Å². The maximum Gasteiger partial charge on any atom is 0.256 e.